The van der Waals surface area contributed by atoms with Crippen molar-refractivity contribution < 1.29 is 4.79 Å². The summed E-state index contributed by atoms with van der Waals surface area (Å²) in [5.41, 5.74) is 2.39. The highest BCUT2D eigenvalue weighted by molar-refractivity contribution is 6.32. The molecule has 1 amide bonds. The number of halogens is 1. The van der Waals surface area contributed by atoms with Crippen molar-refractivity contribution in [3.05, 3.63) is 46.9 Å². The SMILES string of the molecule is CNC(=O)c1cccc(CCNc2ncnc(Cl)c2NC)c1. The van der Waals surface area contributed by atoms with Crippen LogP contribution in [0.5, 0.6) is 0 Å². The summed E-state index contributed by atoms with van der Waals surface area (Å²) >= 11 is 6.00. The van der Waals surface area contributed by atoms with E-state index in [1.165, 1.54) is 6.33 Å². The summed E-state index contributed by atoms with van der Waals surface area (Å²) < 4.78 is 0. The first-order chi connectivity index (χ1) is 10.7. The van der Waals surface area contributed by atoms with E-state index in [1.54, 1.807) is 20.2 Å². The predicted molar refractivity (Wildman–Crippen MR) is 88.6 cm³/mol. The van der Waals surface area contributed by atoms with Crippen molar-refractivity contribution in [2.75, 3.05) is 31.3 Å². The third-order valence-electron chi connectivity index (χ3n) is 3.17. The molecular weight excluding hydrogens is 302 g/mol. The van der Waals surface area contributed by atoms with Gasteiger partial charge in [0.2, 0.25) is 0 Å². The van der Waals surface area contributed by atoms with E-state index in [0.717, 1.165) is 12.0 Å². The normalized spacial score (nSPS) is 10.1. The van der Waals surface area contributed by atoms with Crippen LogP contribution in [0.4, 0.5) is 11.5 Å². The average Bonchev–Trinajstić information content (AvgIpc) is 2.54. The van der Waals surface area contributed by atoms with Gasteiger partial charge in [0.15, 0.2) is 11.0 Å². The molecule has 0 aliphatic carbocycles. The van der Waals surface area contributed by atoms with E-state index in [2.05, 4.69) is 25.9 Å². The summed E-state index contributed by atoms with van der Waals surface area (Å²) in [6.45, 7) is 0.666. The monoisotopic (exact) mass is 319 g/mol. The van der Waals surface area contributed by atoms with Crippen LogP contribution in [0.1, 0.15) is 15.9 Å². The van der Waals surface area contributed by atoms with Crippen LogP contribution in [-0.4, -0.2) is 36.5 Å². The minimum absolute atomic E-state index is 0.0881. The van der Waals surface area contributed by atoms with Gasteiger partial charge in [-0.1, -0.05) is 23.7 Å². The van der Waals surface area contributed by atoms with E-state index in [0.29, 0.717) is 28.8 Å². The lowest BCUT2D eigenvalue weighted by Crippen LogP contribution is -2.18. The van der Waals surface area contributed by atoms with Gasteiger partial charge in [-0.15, -0.1) is 0 Å². The minimum atomic E-state index is -0.0881. The molecule has 116 valence electrons. The fourth-order valence-corrected chi connectivity index (χ4v) is 2.28. The molecule has 6 nitrogen and oxygen atoms in total. The van der Waals surface area contributed by atoms with Gasteiger partial charge in [-0.2, -0.15) is 0 Å². The van der Waals surface area contributed by atoms with E-state index in [9.17, 15) is 4.79 Å². The second-order valence-corrected chi connectivity index (χ2v) is 4.95. The van der Waals surface area contributed by atoms with E-state index in [-0.39, 0.29) is 5.91 Å². The zero-order valence-electron chi connectivity index (χ0n) is 12.5. The number of rotatable bonds is 6. The van der Waals surface area contributed by atoms with Crippen molar-refractivity contribution in [3.8, 4) is 0 Å². The van der Waals surface area contributed by atoms with E-state index >= 15 is 0 Å². The van der Waals surface area contributed by atoms with Crippen LogP contribution in [0, 0.1) is 0 Å². The number of nitrogens with zero attached hydrogens (tertiary/aromatic N) is 2. The first-order valence-corrected chi connectivity index (χ1v) is 7.26. The van der Waals surface area contributed by atoms with Crippen LogP contribution in [0.3, 0.4) is 0 Å². The lowest BCUT2D eigenvalue weighted by Gasteiger charge is -2.11. The average molecular weight is 320 g/mol. The number of carbonyl (C=O) groups is 1. The summed E-state index contributed by atoms with van der Waals surface area (Å²) in [5.74, 6) is 0.569. The van der Waals surface area contributed by atoms with Gasteiger partial charge < -0.3 is 16.0 Å². The number of hydrogen-bond acceptors (Lipinski definition) is 5. The standard InChI is InChI=1S/C15H18ClN5O/c1-17-12-13(16)20-9-21-14(12)19-7-6-10-4-3-5-11(8-10)15(22)18-2/h3-5,8-9,17H,6-7H2,1-2H3,(H,18,22)(H,19,20,21). The zero-order valence-corrected chi connectivity index (χ0v) is 13.2. The Kier molecular flexibility index (Phi) is 5.55. The molecule has 0 saturated heterocycles. The summed E-state index contributed by atoms with van der Waals surface area (Å²) in [7, 11) is 3.39. The predicted octanol–water partition coefficient (Wildman–Crippen LogP) is 2.19. The van der Waals surface area contributed by atoms with Gasteiger partial charge in [-0.05, 0) is 24.1 Å². The van der Waals surface area contributed by atoms with E-state index in [1.807, 2.05) is 18.2 Å². The number of nitrogens with one attached hydrogen (secondary N) is 3. The molecule has 0 bridgehead atoms. The Morgan fingerprint density at radius 3 is 2.82 bits per heavy atom. The zero-order chi connectivity index (χ0) is 15.9. The third-order valence-corrected chi connectivity index (χ3v) is 3.46. The molecule has 0 saturated carbocycles. The van der Waals surface area contributed by atoms with Crippen LogP contribution in [0.2, 0.25) is 5.15 Å². The largest absolute Gasteiger partial charge is 0.383 e. The molecule has 0 radical (unpaired) electrons. The van der Waals surface area contributed by atoms with E-state index < -0.39 is 0 Å². The molecule has 3 N–H and O–H groups in total. The molecule has 0 aliphatic rings. The Balaban J connectivity index is 2.00. The second-order valence-electron chi connectivity index (χ2n) is 4.59. The maximum atomic E-state index is 11.6. The van der Waals surface area contributed by atoms with Crippen molar-refractivity contribution in [3.63, 3.8) is 0 Å². The Morgan fingerprint density at radius 1 is 1.27 bits per heavy atom. The second kappa shape index (κ2) is 7.61. The molecule has 0 atom stereocenters. The highest BCUT2D eigenvalue weighted by Gasteiger charge is 2.08. The first-order valence-electron chi connectivity index (χ1n) is 6.89. The number of carbonyl (C=O) groups excluding carboxylic acids is 1. The van der Waals surface area contributed by atoms with Crippen LogP contribution in [-0.2, 0) is 6.42 Å². The Hall–Kier alpha value is -2.34. The van der Waals surface area contributed by atoms with Gasteiger partial charge in [-0.25, -0.2) is 9.97 Å². The molecule has 0 unspecified atom stereocenters. The van der Waals surface area contributed by atoms with Crippen LogP contribution in [0.15, 0.2) is 30.6 Å². The van der Waals surface area contributed by atoms with Crippen molar-refractivity contribution in [2.24, 2.45) is 0 Å². The van der Waals surface area contributed by atoms with Crippen LogP contribution >= 0.6 is 11.6 Å². The fraction of sp³-hybridized carbons (Fsp3) is 0.267. The summed E-state index contributed by atoms with van der Waals surface area (Å²) in [5, 5.41) is 9.18. The summed E-state index contributed by atoms with van der Waals surface area (Å²) in [6, 6.07) is 7.53. The number of hydrogen-bond donors (Lipinski definition) is 3. The summed E-state index contributed by atoms with van der Waals surface area (Å²) in [4.78, 5) is 19.7. The minimum Gasteiger partial charge on any atom is -0.383 e. The van der Waals surface area contributed by atoms with Gasteiger partial charge in [0, 0.05) is 26.2 Å². The van der Waals surface area contributed by atoms with Gasteiger partial charge >= 0.3 is 0 Å². The third kappa shape index (κ3) is 3.85. The molecule has 0 spiro atoms. The van der Waals surface area contributed by atoms with Gasteiger partial charge in [0.25, 0.3) is 5.91 Å². The molecule has 1 heterocycles. The van der Waals surface area contributed by atoms with Crippen molar-refractivity contribution in [2.45, 2.75) is 6.42 Å². The van der Waals surface area contributed by atoms with Gasteiger partial charge in [0.1, 0.15) is 12.0 Å². The van der Waals surface area contributed by atoms with Crippen molar-refractivity contribution in [1.29, 1.82) is 0 Å². The molecule has 1 aromatic heterocycles. The molecule has 1 aromatic carbocycles. The number of benzene rings is 1. The van der Waals surface area contributed by atoms with E-state index in [4.69, 9.17) is 11.6 Å². The van der Waals surface area contributed by atoms with Crippen molar-refractivity contribution >= 4 is 29.0 Å². The highest BCUT2D eigenvalue weighted by atomic mass is 35.5. The van der Waals surface area contributed by atoms with Gasteiger partial charge in [-0.3, -0.25) is 4.79 Å². The summed E-state index contributed by atoms with van der Waals surface area (Å²) in [6.07, 6.45) is 2.17. The quantitative estimate of drug-likeness (QED) is 0.711. The molecule has 0 fully saturated rings. The number of anilines is 2. The molecule has 0 aliphatic heterocycles. The lowest BCUT2D eigenvalue weighted by molar-refractivity contribution is 0.0963. The smallest absolute Gasteiger partial charge is 0.251 e. The number of aromatic nitrogens is 2. The van der Waals surface area contributed by atoms with Gasteiger partial charge in [0.05, 0.1) is 0 Å². The van der Waals surface area contributed by atoms with Crippen molar-refractivity contribution in [1.82, 2.24) is 15.3 Å². The lowest BCUT2D eigenvalue weighted by atomic mass is 10.1. The number of amides is 1. The Labute approximate surface area is 134 Å². The molecule has 2 rings (SSSR count). The highest BCUT2D eigenvalue weighted by Crippen LogP contribution is 2.25. The Bertz CT molecular complexity index is 662. The Morgan fingerprint density at radius 2 is 2.09 bits per heavy atom. The fourth-order valence-electron chi connectivity index (χ4n) is 2.06. The molecule has 22 heavy (non-hydrogen) atoms. The maximum absolute atomic E-state index is 11.6. The maximum Gasteiger partial charge on any atom is 0.251 e. The molecule has 7 heteroatoms. The topological polar surface area (TPSA) is 78.9 Å². The van der Waals surface area contributed by atoms with Crippen LogP contribution < -0.4 is 16.0 Å². The van der Waals surface area contributed by atoms with Crippen LogP contribution in [0.25, 0.3) is 0 Å². The molecule has 2 aromatic rings. The molecular formula is C15H18ClN5O. The first kappa shape index (κ1) is 16.0.